The smallest absolute Gasteiger partial charge is 0.00979 e. The van der Waals surface area contributed by atoms with Gasteiger partial charge in [-0.25, -0.2) is 0 Å². The van der Waals surface area contributed by atoms with Crippen molar-refractivity contribution in [2.75, 3.05) is 6.54 Å². The van der Waals surface area contributed by atoms with E-state index in [-0.39, 0.29) is 0 Å². The van der Waals surface area contributed by atoms with Crippen molar-refractivity contribution in [1.29, 1.82) is 0 Å². The Morgan fingerprint density at radius 3 is 2.64 bits per heavy atom. The van der Waals surface area contributed by atoms with Crippen LogP contribution >= 0.6 is 0 Å². The van der Waals surface area contributed by atoms with Gasteiger partial charge in [0.25, 0.3) is 0 Å². The van der Waals surface area contributed by atoms with Gasteiger partial charge in [-0.15, -0.1) is 0 Å². The van der Waals surface area contributed by atoms with Crippen molar-refractivity contribution in [2.24, 2.45) is 11.8 Å². The van der Waals surface area contributed by atoms with Crippen LogP contribution in [0.25, 0.3) is 0 Å². The van der Waals surface area contributed by atoms with E-state index in [9.17, 15) is 0 Å². The lowest BCUT2D eigenvalue weighted by Gasteiger charge is -2.41. The van der Waals surface area contributed by atoms with Crippen molar-refractivity contribution >= 4 is 0 Å². The maximum atomic E-state index is 3.77. The first-order valence-corrected chi connectivity index (χ1v) is 6.65. The predicted molar refractivity (Wildman–Crippen MR) is 61.4 cm³/mol. The lowest BCUT2D eigenvalue weighted by Crippen LogP contribution is -2.44. The third-order valence-electron chi connectivity index (χ3n) is 4.23. The molecule has 2 aliphatic rings. The van der Waals surface area contributed by atoms with E-state index in [1.165, 1.54) is 57.9 Å². The molecule has 0 aromatic carbocycles. The zero-order valence-electron chi connectivity index (χ0n) is 9.60. The highest BCUT2D eigenvalue weighted by atomic mass is 14.9. The molecular formula is C13H25N. The number of hydrogen-bond donors (Lipinski definition) is 1. The third kappa shape index (κ3) is 2.31. The zero-order chi connectivity index (χ0) is 9.80. The van der Waals surface area contributed by atoms with Gasteiger partial charge in [-0.05, 0) is 37.6 Å². The molecule has 0 bridgehead atoms. The molecule has 2 saturated carbocycles. The molecule has 2 rings (SSSR count). The Balaban J connectivity index is 1.88. The summed E-state index contributed by atoms with van der Waals surface area (Å²) in [6, 6.07) is 0.869. The Morgan fingerprint density at radius 1 is 1.00 bits per heavy atom. The molecule has 14 heavy (non-hydrogen) atoms. The van der Waals surface area contributed by atoms with Crippen LogP contribution in [0.1, 0.15) is 58.3 Å². The van der Waals surface area contributed by atoms with Crippen LogP contribution in [-0.4, -0.2) is 12.6 Å². The Kier molecular flexibility index (Phi) is 3.86. The SMILES string of the molecule is CCCNC1CCCC2CCCCC21. The van der Waals surface area contributed by atoms with Crippen molar-refractivity contribution < 1.29 is 0 Å². The average Bonchev–Trinajstić information content (AvgIpc) is 2.26. The number of hydrogen-bond acceptors (Lipinski definition) is 1. The lowest BCUT2D eigenvalue weighted by molar-refractivity contribution is 0.126. The fourth-order valence-corrected chi connectivity index (χ4v) is 3.52. The van der Waals surface area contributed by atoms with Gasteiger partial charge in [0, 0.05) is 6.04 Å². The van der Waals surface area contributed by atoms with E-state index >= 15 is 0 Å². The van der Waals surface area contributed by atoms with Crippen LogP contribution in [0.2, 0.25) is 0 Å². The second-order valence-corrected chi connectivity index (χ2v) is 5.20. The standard InChI is InChI=1S/C13H25N/c1-2-10-14-13-9-5-7-11-6-3-4-8-12(11)13/h11-14H,2-10H2,1H3. The van der Waals surface area contributed by atoms with Crippen LogP contribution in [0.5, 0.6) is 0 Å². The Morgan fingerprint density at radius 2 is 1.79 bits per heavy atom. The summed E-state index contributed by atoms with van der Waals surface area (Å²) < 4.78 is 0. The summed E-state index contributed by atoms with van der Waals surface area (Å²) in [5.41, 5.74) is 0. The number of fused-ring (bicyclic) bond motifs is 1. The number of nitrogens with one attached hydrogen (secondary N) is 1. The summed E-state index contributed by atoms with van der Waals surface area (Å²) in [6.45, 7) is 3.50. The van der Waals surface area contributed by atoms with E-state index in [4.69, 9.17) is 0 Å². The van der Waals surface area contributed by atoms with Crippen molar-refractivity contribution in [2.45, 2.75) is 64.3 Å². The van der Waals surface area contributed by atoms with Crippen molar-refractivity contribution in [3.8, 4) is 0 Å². The molecule has 2 aliphatic carbocycles. The van der Waals surface area contributed by atoms with Gasteiger partial charge < -0.3 is 5.32 Å². The fraction of sp³-hybridized carbons (Fsp3) is 1.00. The van der Waals surface area contributed by atoms with Gasteiger partial charge in [0.05, 0.1) is 0 Å². The van der Waals surface area contributed by atoms with Crippen LogP contribution in [-0.2, 0) is 0 Å². The van der Waals surface area contributed by atoms with E-state index in [0.717, 1.165) is 17.9 Å². The van der Waals surface area contributed by atoms with Gasteiger partial charge in [-0.1, -0.05) is 39.0 Å². The molecule has 2 fully saturated rings. The molecule has 3 unspecified atom stereocenters. The first-order chi connectivity index (χ1) is 6.92. The van der Waals surface area contributed by atoms with Gasteiger partial charge in [0.1, 0.15) is 0 Å². The van der Waals surface area contributed by atoms with E-state index in [1.807, 2.05) is 0 Å². The highest BCUT2D eigenvalue weighted by molar-refractivity contribution is 4.88. The van der Waals surface area contributed by atoms with Crippen molar-refractivity contribution in [3.63, 3.8) is 0 Å². The largest absolute Gasteiger partial charge is 0.314 e. The minimum atomic E-state index is 0.869. The van der Waals surface area contributed by atoms with Gasteiger partial charge in [0.2, 0.25) is 0 Å². The molecule has 0 amide bonds. The Hall–Kier alpha value is -0.0400. The van der Waals surface area contributed by atoms with Crippen LogP contribution in [0.15, 0.2) is 0 Å². The molecule has 0 aromatic rings. The zero-order valence-corrected chi connectivity index (χ0v) is 9.60. The molecule has 0 aliphatic heterocycles. The second kappa shape index (κ2) is 5.16. The predicted octanol–water partition coefficient (Wildman–Crippen LogP) is 3.34. The molecule has 3 atom stereocenters. The van der Waals surface area contributed by atoms with Crippen molar-refractivity contribution in [1.82, 2.24) is 5.32 Å². The second-order valence-electron chi connectivity index (χ2n) is 5.20. The summed E-state index contributed by atoms with van der Waals surface area (Å²) in [7, 11) is 0. The maximum Gasteiger partial charge on any atom is 0.00979 e. The molecule has 82 valence electrons. The van der Waals surface area contributed by atoms with Gasteiger partial charge in [0.15, 0.2) is 0 Å². The molecule has 0 heterocycles. The quantitative estimate of drug-likeness (QED) is 0.728. The molecule has 1 N–H and O–H groups in total. The van der Waals surface area contributed by atoms with Crippen LogP contribution in [0.3, 0.4) is 0 Å². The molecule has 0 spiro atoms. The van der Waals surface area contributed by atoms with Crippen molar-refractivity contribution in [3.05, 3.63) is 0 Å². The maximum absolute atomic E-state index is 3.77. The van der Waals surface area contributed by atoms with Crippen LogP contribution in [0.4, 0.5) is 0 Å². The summed E-state index contributed by atoms with van der Waals surface area (Å²) >= 11 is 0. The normalized spacial score (nSPS) is 37.9. The first kappa shape index (κ1) is 10.5. The van der Waals surface area contributed by atoms with E-state index in [1.54, 1.807) is 0 Å². The summed E-state index contributed by atoms with van der Waals surface area (Å²) in [6.07, 6.45) is 11.8. The highest BCUT2D eigenvalue weighted by Crippen LogP contribution is 2.40. The highest BCUT2D eigenvalue weighted by Gasteiger charge is 2.34. The van der Waals surface area contributed by atoms with Gasteiger partial charge in [-0.3, -0.25) is 0 Å². The molecule has 1 nitrogen and oxygen atoms in total. The van der Waals surface area contributed by atoms with Crippen LogP contribution in [0, 0.1) is 11.8 Å². The summed E-state index contributed by atoms with van der Waals surface area (Å²) in [5.74, 6) is 2.11. The lowest BCUT2D eigenvalue weighted by atomic mass is 9.68. The van der Waals surface area contributed by atoms with Gasteiger partial charge >= 0.3 is 0 Å². The average molecular weight is 195 g/mol. The fourth-order valence-electron chi connectivity index (χ4n) is 3.52. The summed E-state index contributed by atoms with van der Waals surface area (Å²) in [5, 5.41) is 3.77. The molecular weight excluding hydrogens is 170 g/mol. The molecule has 1 heteroatoms. The third-order valence-corrected chi connectivity index (χ3v) is 4.23. The molecule has 0 saturated heterocycles. The van der Waals surface area contributed by atoms with Gasteiger partial charge in [-0.2, -0.15) is 0 Å². The van der Waals surface area contributed by atoms with E-state index < -0.39 is 0 Å². The summed E-state index contributed by atoms with van der Waals surface area (Å²) in [4.78, 5) is 0. The molecule has 0 aromatic heterocycles. The first-order valence-electron chi connectivity index (χ1n) is 6.65. The minimum absolute atomic E-state index is 0.869. The Bertz CT molecular complexity index is 165. The monoisotopic (exact) mass is 195 g/mol. The number of rotatable bonds is 3. The topological polar surface area (TPSA) is 12.0 Å². The van der Waals surface area contributed by atoms with E-state index in [0.29, 0.717) is 0 Å². The minimum Gasteiger partial charge on any atom is -0.314 e. The Labute approximate surface area is 88.7 Å². The van der Waals surface area contributed by atoms with E-state index in [2.05, 4.69) is 12.2 Å². The molecule has 0 radical (unpaired) electrons. The van der Waals surface area contributed by atoms with Crippen LogP contribution < -0.4 is 5.32 Å².